The summed E-state index contributed by atoms with van der Waals surface area (Å²) in [5.74, 6) is 2.07. The van der Waals surface area contributed by atoms with E-state index in [9.17, 15) is 9.59 Å². The minimum absolute atomic E-state index is 0.00760. The molecule has 5 rings (SSSR count). The maximum Gasteiger partial charge on any atom is 0.261 e. The van der Waals surface area contributed by atoms with E-state index in [2.05, 4.69) is 25.8 Å². The molecule has 2 amide bonds. The van der Waals surface area contributed by atoms with Gasteiger partial charge in [-0.25, -0.2) is 9.50 Å². The number of aromatic nitrogens is 5. The highest BCUT2D eigenvalue weighted by molar-refractivity contribution is 7.99. The summed E-state index contributed by atoms with van der Waals surface area (Å²) in [6, 6.07) is 7.04. The number of carbonyl (C=O) groups excluding carboxylic acids is 2. The second-order valence-corrected chi connectivity index (χ2v) is 9.95. The molecule has 4 heterocycles. The number of thioether (sulfide) groups is 1. The summed E-state index contributed by atoms with van der Waals surface area (Å²) >= 11 is 8.17. The van der Waals surface area contributed by atoms with Gasteiger partial charge >= 0.3 is 0 Å². The number of fused-ring (bicyclic) bond motifs is 1. The third-order valence-corrected chi connectivity index (χ3v) is 7.13. The van der Waals surface area contributed by atoms with Gasteiger partial charge in [-0.2, -0.15) is 22.0 Å². The number of amides is 2. The van der Waals surface area contributed by atoms with Crippen molar-refractivity contribution in [2.45, 2.75) is 25.4 Å². The van der Waals surface area contributed by atoms with Crippen molar-refractivity contribution >= 4 is 46.5 Å². The second-order valence-electron chi connectivity index (χ2n) is 8.29. The van der Waals surface area contributed by atoms with E-state index >= 15 is 0 Å². The third-order valence-electron chi connectivity index (χ3n) is 5.84. The molecule has 0 aliphatic carbocycles. The molecule has 0 spiro atoms. The van der Waals surface area contributed by atoms with Crippen molar-refractivity contribution in [3.05, 3.63) is 59.6 Å². The van der Waals surface area contributed by atoms with Crippen LogP contribution in [0.3, 0.4) is 0 Å². The Kier molecular flexibility index (Phi) is 7.10. The molecule has 0 bridgehead atoms. The fourth-order valence-corrected chi connectivity index (χ4v) is 5.38. The lowest BCUT2D eigenvalue weighted by Crippen LogP contribution is -2.39. The number of nitrogens with zero attached hydrogens (tertiary/aromatic N) is 5. The van der Waals surface area contributed by atoms with E-state index < -0.39 is 5.91 Å². The summed E-state index contributed by atoms with van der Waals surface area (Å²) in [4.78, 5) is 30.2. The molecule has 186 valence electrons. The quantitative estimate of drug-likeness (QED) is 0.379. The second kappa shape index (κ2) is 10.6. The van der Waals surface area contributed by atoms with E-state index in [0.29, 0.717) is 38.9 Å². The van der Waals surface area contributed by atoms with Crippen molar-refractivity contribution < 1.29 is 14.3 Å². The highest BCUT2D eigenvalue weighted by Crippen LogP contribution is 2.36. The standard InChI is InChI=1S/C24H24ClN7O3S/c1-35-20-4-3-15(25)11-17(20)22-19(29-24(34)18-12-27-32-8-2-7-26-23(18)32)13-31(30-22)14-21(33)28-16-5-9-36-10-6-16/h2-4,7-8,11-13,16H,5-6,9-10,14H2,1H3,(H,28,33)(H,29,34). The number of ether oxygens (including phenoxy) is 1. The molecule has 0 saturated carbocycles. The zero-order valence-corrected chi connectivity index (χ0v) is 21.1. The molecule has 12 heteroatoms. The molecule has 10 nitrogen and oxygen atoms in total. The highest BCUT2D eigenvalue weighted by atomic mass is 35.5. The molecule has 0 radical (unpaired) electrons. The number of rotatable bonds is 7. The first-order valence-corrected chi connectivity index (χ1v) is 12.9. The van der Waals surface area contributed by atoms with Gasteiger partial charge in [0.1, 0.15) is 23.6 Å². The minimum Gasteiger partial charge on any atom is -0.496 e. The molecule has 1 aliphatic heterocycles. The molecule has 36 heavy (non-hydrogen) atoms. The SMILES string of the molecule is COc1ccc(Cl)cc1-c1nn(CC(=O)NC2CCSCC2)cc1NC(=O)c1cnn2cccnc12. The number of nitrogens with one attached hydrogen (secondary N) is 2. The molecular formula is C24H24ClN7O3S. The van der Waals surface area contributed by atoms with Crippen LogP contribution in [0.5, 0.6) is 5.75 Å². The van der Waals surface area contributed by atoms with Gasteiger partial charge in [0, 0.05) is 35.2 Å². The van der Waals surface area contributed by atoms with Gasteiger partial charge in [-0.3, -0.25) is 14.3 Å². The van der Waals surface area contributed by atoms with E-state index in [-0.39, 0.29) is 18.5 Å². The maximum atomic E-state index is 13.2. The fourth-order valence-electron chi connectivity index (χ4n) is 4.10. The lowest BCUT2D eigenvalue weighted by atomic mass is 10.1. The van der Waals surface area contributed by atoms with Crippen molar-refractivity contribution in [2.24, 2.45) is 0 Å². The largest absolute Gasteiger partial charge is 0.496 e. The number of anilines is 1. The molecule has 0 atom stereocenters. The molecule has 1 saturated heterocycles. The lowest BCUT2D eigenvalue weighted by Gasteiger charge is -2.22. The van der Waals surface area contributed by atoms with Crippen LogP contribution < -0.4 is 15.4 Å². The van der Waals surface area contributed by atoms with Crippen LogP contribution in [0.2, 0.25) is 5.02 Å². The van der Waals surface area contributed by atoms with Crippen LogP contribution in [-0.2, 0) is 11.3 Å². The Hall–Kier alpha value is -3.57. The summed E-state index contributed by atoms with van der Waals surface area (Å²) < 4.78 is 8.54. The van der Waals surface area contributed by atoms with Crippen LogP contribution >= 0.6 is 23.4 Å². The Balaban J connectivity index is 1.46. The highest BCUT2D eigenvalue weighted by Gasteiger charge is 2.22. The van der Waals surface area contributed by atoms with Crippen LogP contribution in [0.1, 0.15) is 23.2 Å². The van der Waals surface area contributed by atoms with Crippen molar-refractivity contribution in [1.82, 2.24) is 29.7 Å². The summed E-state index contributed by atoms with van der Waals surface area (Å²) in [5.41, 5.74) is 2.14. The van der Waals surface area contributed by atoms with Crippen LogP contribution in [0.25, 0.3) is 16.9 Å². The average molecular weight is 526 g/mol. The van der Waals surface area contributed by atoms with Crippen LogP contribution in [0.4, 0.5) is 5.69 Å². The number of benzene rings is 1. The monoisotopic (exact) mass is 525 g/mol. The smallest absolute Gasteiger partial charge is 0.261 e. The van der Waals surface area contributed by atoms with E-state index in [0.717, 1.165) is 24.3 Å². The van der Waals surface area contributed by atoms with Gasteiger partial charge in [-0.05, 0) is 48.6 Å². The lowest BCUT2D eigenvalue weighted by molar-refractivity contribution is -0.122. The van der Waals surface area contributed by atoms with E-state index in [4.69, 9.17) is 16.3 Å². The van der Waals surface area contributed by atoms with Gasteiger partial charge in [0.05, 0.1) is 19.0 Å². The van der Waals surface area contributed by atoms with Crippen molar-refractivity contribution in [2.75, 3.05) is 23.9 Å². The summed E-state index contributed by atoms with van der Waals surface area (Å²) in [6.45, 7) is 0.00760. The Labute approximate surface area is 216 Å². The molecule has 4 aromatic rings. The van der Waals surface area contributed by atoms with E-state index in [1.54, 1.807) is 50.0 Å². The van der Waals surface area contributed by atoms with Gasteiger partial charge in [0.15, 0.2) is 5.65 Å². The van der Waals surface area contributed by atoms with Crippen LogP contribution in [-0.4, -0.2) is 60.9 Å². The average Bonchev–Trinajstić information content (AvgIpc) is 3.48. The summed E-state index contributed by atoms with van der Waals surface area (Å²) in [6.07, 6.45) is 8.30. The predicted molar refractivity (Wildman–Crippen MR) is 139 cm³/mol. The van der Waals surface area contributed by atoms with Crippen LogP contribution in [0.15, 0.2) is 49.1 Å². The number of hydrogen-bond donors (Lipinski definition) is 2. The van der Waals surface area contributed by atoms with Gasteiger partial charge in [-0.1, -0.05) is 11.6 Å². The summed E-state index contributed by atoms with van der Waals surface area (Å²) in [7, 11) is 1.54. The molecule has 2 N–H and O–H groups in total. The fraction of sp³-hybridized carbons (Fsp3) is 0.292. The minimum atomic E-state index is -0.408. The molecular weight excluding hydrogens is 502 g/mol. The summed E-state index contributed by atoms with van der Waals surface area (Å²) in [5, 5.41) is 15.3. The molecule has 1 fully saturated rings. The first kappa shape index (κ1) is 24.1. The van der Waals surface area contributed by atoms with Gasteiger partial charge in [0.25, 0.3) is 5.91 Å². The van der Waals surface area contributed by atoms with Gasteiger partial charge < -0.3 is 15.4 Å². The third kappa shape index (κ3) is 5.17. The number of hydrogen-bond acceptors (Lipinski definition) is 7. The Morgan fingerprint density at radius 3 is 2.92 bits per heavy atom. The van der Waals surface area contributed by atoms with Crippen LogP contribution in [0, 0.1) is 0 Å². The Bertz CT molecular complexity index is 1410. The normalized spacial score (nSPS) is 14.1. The van der Waals surface area contributed by atoms with Gasteiger partial charge in [0.2, 0.25) is 5.91 Å². The van der Waals surface area contributed by atoms with E-state index in [1.165, 1.54) is 15.4 Å². The number of halogens is 1. The Morgan fingerprint density at radius 1 is 1.28 bits per heavy atom. The first-order chi connectivity index (χ1) is 17.5. The number of carbonyl (C=O) groups is 2. The predicted octanol–water partition coefficient (Wildman–Crippen LogP) is 3.52. The van der Waals surface area contributed by atoms with Crippen molar-refractivity contribution in [1.29, 1.82) is 0 Å². The number of methoxy groups -OCH3 is 1. The molecule has 1 aliphatic rings. The molecule has 0 unspecified atom stereocenters. The molecule has 1 aromatic carbocycles. The van der Waals surface area contributed by atoms with Crippen molar-refractivity contribution in [3.63, 3.8) is 0 Å². The zero-order valence-electron chi connectivity index (χ0n) is 19.5. The maximum absolute atomic E-state index is 13.2. The Morgan fingerprint density at radius 2 is 2.11 bits per heavy atom. The van der Waals surface area contributed by atoms with E-state index in [1.807, 2.05) is 11.8 Å². The molecule has 3 aromatic heterocycles. The first-order valence-electron chi connectivity index (χ1n) is 11.4. The van der Waals surface area contributed by atoms with Gasteiger partial charge in [-0.15, -0.1) is 0 Å². The van der Waals surface area contributed by atoms with Crippen molar-refractivity contribution in [3.8, 4) is 17.0 Å². The topological polar surface area (TPSA) is 115 Å². The zero-order chi connectivity index (χ0) is 25.1.